The first-order valence-electron chi connectivity index (χ1n) is 5.69. The minimum Gasteiger partial charge on any atom is -0.487 e. The second kappa shape index (κ2) is 6.10. The van der Waals surface area contributed by atoms with Crippen molar-refractivity contribution < 1.29 is 23.0 Å². The summed E-state index contributed by atoms with van der Waals surface area (Å²) in [5.74, 6) is -1.59. The van der Waals surface area contributed by atoms with Gasteiger partial charge in [0.2, 0.25) is 0 Å². The van der Waals surface area contributed by atoms with Crippen LogP contribution in [0.1, 0.15) is 15.9 Å². The van der Waals surface area contributed by atoms with E-state index in [1.807, 2.05) is 0 Å². The third kappa shape index (κ3) is 3.50. The van der Waals surface area contributed by atoms with Crippen molar-refractivity contribution in [3.05, 3.63) is 59.4 Å². The normalized spacial score (nSPS) is 10.2. The summed E-state index contributed by atoms with van der Waals surface area (Å²) in [7, 11) is 1.26. The molecule has 0 bridgehead atoms. The van der Waals surface area contributed by atoms with E-state index in [4.69, 9.17) is 4.74 Å². The molecular formula is C14H11F2NO3. The Morgan fingerprint density at radius 2 is 1.85 bits per heavy atom. The summed E-state index contributed by atoms with van der Waals surface area (Å²) in [6.45, 7) is -0.0407. The number of hydrogen-bond donors (Lipinski definition) is 0. The van der Waals surface area contributed by atoms with Crippen LogP contribution < -0.4 is 4.74 Å². The van der Waals surface area contributed by atoms with E-state index in [0.29, 0.717) is 11.3 Å². The van der Waals surface area contributed by atoms with Gasteiger partial charge in [-0.05, 0) is 23.8 Å². The highest BCUT2D eigenvalue weighted by Crippen LogP contribution is 2.15. The van der Waals surface area contributed by atoms with Gasteiger partial charge in [-0.25, -0.2) is 13.6 Å². The maximum absolute atomic E-state index is 13.0. The van der Waals surface area contributed by atoms with E-state index < -0.39 is 17.6 Å². The summed E-state index contributed by atoms with van der Waals surface area (Å²) in [4.78, 5) is 15.1. The molecule has 0 radical (unpaired) electrons. The standard InChI is InChI=1S/C14H11F2NO3/c1-19-14(18)10-4-13(7-17-6-10)20-8-9-2-11(15)5-12(16)3-9/h2-7H,8H2,1H3. The van der Waals surface area contributed by atoms with Crippen molar-refractivity contribution in [3.8, 4) is 5.75 Å². The molecule has 0 saturated carbocycles. The smallest absolute Gasteiger partial charge is 0.339 e. The quantitative estimate of drug-likeness (QED) is 0.807. The highest BCUT2D eigenvalue weighted by Gasteiger charge is 2.08. The monoisotopic (exact) mass is 279 g/mol. The molecule has 0 saturated heterocycles. The fourth-order valence-corrected chi connectivity index (χ4v) is 1.59. The number of halogens is 2. The van der Waals surface area contributed by atoms with Crippen LogP contribution in [-0.2, 0) is 11.3 Å². The number of ether oxygens (including phenoxy) is 2. The number of carbonyl (C=O) groups is 1. The molecule has 0 unspecified atom stereocenters. The summed E-state index contributed by atoms with van der Waals surface area (Å²) < 4.78 is 35.9. The van der Waals surface area contributed by atoms with Gasteiger partial charge in [0.05, 0.1) is 18.9 Å². The molecule has 104 valence electrons. The van der Waals surface area contributed by atoms with Gasteiger partial charge < -0.3 is 9.47 Å². The molecule has 1 aromatic heterocycles. The number of benzene rings is 1. The van der Waals surface area contributed by atoms with E-state index in [-0.39, 0.29) is 12.2 Å². The van der Waals surface area contributed by atoms with Gasteiger partial charge in [0, 0.05) is 12.3 Å². The van der Waals surface area contributed by atoms with Crippen molar-refractivity contribution in [1.82, 2.24) is 4.98 Å². The lowest BCUT2D eigenvalue weighted by Gasteiger charge is -2.07. The van der Waals surface area contributed by atoms with Crippen molar-refractivity contribution in [2.24, 2.45) is 0 Å². The zero-order chi connectivity index (χ0) is 14.5. The lowest BCUT2D eigenvalue weighted by Crippen LogP contribution is -2.03. The van der Waals surface area contributed by atoms with E-state index in [1.54, 1.807) is 0 Å². The highest BCUT2D eigenvalue weighted by molar-refractivity contribution is 5.89. The summed E-state index contributed by atoms with van der Waals surface area (Å²) in [6, 6.07) is 4.55. The average molecular weight is 279 g/mol. The SMILES string of the molecule is COC(=O)c1cncc(OCc2cc(F)cc(F)c2)c1. The minimum absolute atomic E-state index is 0.0407. The fourth-order valence-electron chi connectivity index (χ4n) is 1.59. The first kappa shape index (κ1) is 13.9. The molecule has 0 spiro atoms. The van der Waals surface area contributed by atoms with Crippen LogP contribution >= 0.6 is 0 Å². The lowest BCUT2D eigenvalue weighted by molar-refractivity contribution is 0.0599. The zero-order valence-electron chi connectivity index (χ0n) is 10.6. The Morgan fingerprint density at radius 3 is 2.50 bits per heavy atom. The number of nitrogens with zero attached hydrogens (tertiary/aromatic N) is 1. The van der Waals surface area contributed by atoms with E-state index in [1.165, 1.54) is 37.7 Å². The van der Waals surface area contributed by atoms with Gasteiger partial charge in [0.1, 0.15) is 24.0 Å². The third-order valence-electron chi connectivity index (χ3n) is 2.46. The minimum atomic E-state index is -0.676. The Morgan fingerprint density at radius 1 is 1.15 bits per heavy atom. The molecule has 0 aliphatic heterocycles. The topological polar surface area (TPSA) is 48.4 Å². The van der Waals surface area contributed by atoms with Crippen LogP contribution in [-0.4, -0.2) is 18.1 Å². The van der Waals surface area contributed by atoms with Crippen LogP contribution in [0.3, 0.4) is 0 Å². The predicted molar refractivity (Wildman–Crippen MR) is 66.3 cm³/mol. The number of esters is 1. The van der Waals surface area contributed by atoms with Crippen molar-refractivity contribution >= 4 is 5.97 Å². The Balaban J connectivity index is 2.09. The van der Waals surface area contributed by atoms with E-state index in [2.05, 4.69) is 9.72 Å². The van der Waals surface area contributed by atoms with Crippen LogP contribution in [0.25, 0.3) is 0 Å². The second-order valence-corrected chi connectivity index (χ2v) is 3.97. The Labute approximate surface area is 114 Å². The van der Waals surface area contributed by atoms with Crippen molar-refractivity contribution in [2.45, 2.75) is 6.61 Å². The van der Waals surface area contributed by atoms with E-state index in [9.17, 15) is 13.6 Å². The Kier molecular flexibility index (Phi) is 4.24. The van der Waals surface area contributed by atoms with Crippen LogP contribution in [0.4, 0.5) is 8.78 Å². The first-order chi connectivity index (χ1) is 9.58. The number of pyridine rings is 1. The van der Waals surface area contributed by atoms with Gasteiger partial charge in [-0.3, -0.25) is 4.98 Å². The molecule has 0 fully saturated rings. The number of carbonyl (C=O) groups excluding carboxylic acids is 1. The maximum atomic E-state index is 13.0. The third-order valence-corrected chi connectivity index (χ3v) is 2.46. The van der Waals surface area contributed by atoms with Gasteiger partial charge in [-0.2, -0.15) is 0 Å². The van der Waals surface area contributed by atoms with Crippen LogP contribution in [0.2, 0.25) is 0 Å². The van der Waals surface area contributed by atoms with Crippen molar-refractivity contribution in [1.29, 1.82) is 0 Å². The van der Waals surface area contributed by atoms with Gasteiger partial charge in [0.15, 0.2) is 0 Å². The molecule has 2 rings (SSSR count). The molecule has 0 N–H and O–H groups in total. The largest absolute Gasteiger partial charge is 0.487 e. The number of rotatable bonds is 4. The van der Waals surface area contributed by atoms with Crippen LogP contribution in [0.15, 0.2) is 36.7 Å². The highest BCUT2D eigenvalue weighted by atomic mass is 19.1. The molecular weight excluding hydrogens is 268 g/mol. The summed E-state index contributed by atoms with van der Waals surface area (Å²) in [5.41, 5.74) is 0.571. The van der Waals surface area contributed by atoms with Crippen molar-refractivity contribution in [2.75, 3.05) is 7.11 Å². The molecule has 1 aromatic carbocycles. The van der Waals surface area contributed by atoms with Crippen LogP contribution in [0, 0.1) is 11.6 Å². The van der Waals surface area contributed by atoms with E-state index in [0.717, 1.165) is 6.07 Å². The summed E-state index contributed by atoms with van der Waals surface area (Å²) in [6.07, 6.45) is 2.72. The number of hydrogen-bond acceptors (Lipinski definition) is 4. The van der Waals surface area contributed by atoms with Gasteiger partial charge >= 0.3 is 5.97 Å². The predicted octanol–water partition coefficient (Wildman–Crippen LogP) is 2.73. The molecule has 4 nitrogen and oxygen atoms in total. The molecule has 0 aliphatic rings. The molecule has 20 heavy (non-hydrogen) atoms. The van der Waals surface area contributed by atoms with Crippen LogP contribution in [0.5, 0.6) is 5.75 Å². The molecule has 1 heterocycles. The van der Waals surface area contributed by atoms with Gasteiger partial charge in [-0.15, -0.1) is 0 Å². The van der Waals surface area contributed by atoms with Gasteiger partial charge in [0.25, 0.3) is 0 Å². The average Bonchev–Trinajstić information content (AvgIpc) is 2.43. The van der Waals surface area contributed by atoms with Crippen molar-refractivity contribution in [3.63, 3.8) is 0 Å². The molecule has 6 heteroatoms. The zero-order valence-corrected chi connectivity index (χ0v) is 10.6. The molecule has 0 aliphatic carbocycles. The lowest BCUT2D eigenvalue weighted by atomic mass is 10.2. The molecule has 0 amide bonds. The summed E-state index contributed by atoms with van der Waals surface area (Å²) in [5, 5.41) is 0. The number of methoxy groups -OCH3 is 1. The van der Waals surface area contributed by atoms with Gasteiger partial charge in [-0.1, -0.05) is 0 Å². The Bertz CT molecular complexity index is 611. The fraction of sp³-hybridized carbons (Fsp3) is 0.143. The summed E-state index contributed by atoms with van der Waals surface area (Å²) >= 11 is 0. The Hall–Kier alpha value is -2.50. The molecule has 0 atom stereocenters. The maximum Gasteiger partial charge on any atom is 0.339 e. The first-order valence-corrected chi connectivity index (χ1v) is 5.69. The van der Waals surface area contributed by atoms with E-state index >= 15 is 0 Å². The number of aromatic nitrogens is 1. The second-order valence-electron chi connectivity index (χ2n) is 3.97. The molecule has 2 aromatic rings.